The first-order chi connectivity index (χ1) is 9.81. The number of nitrogens with one attached hydrogen (secondary N) is 2. The van der Waals surface area contributed by atoms with Crippen molar-refractivity contribution in [2.45, 2.75) is 40.2 Å². The maximum absolute atomic E-state index is 13.8. The van der Waals surface area contributed by atoms with Crippen molar-refractivity contribution in [3.63, 3.8) is 0 Å². The predicted octanol–water partition coefficient (Wildman–Crippen LogP) is 3.09. The molecule has 0 aromatic heterocycles. The Labute approximate surface area is 125 Å². The van der Waals surface area contributed by atoms with Gasteiger partial charge >= 0.3 is 0 Å². The van der Waals surface area contributed by atoms with Gasteiger partial charge in [0.15, 0.2) is 0 Å². The highest BCUT2D eigenvalue weighted by Crippen LogP contribution is 2.20. The first kappa shape index (κ1) is 17.6. The van der Waals surface area contributed by atoms with E-state index in [1.807, 2.05) is 13.8 Å². The van der Waals surface area contributed by atoms with E-state index in [9.17, 15) is 13.6 Å². The molecule has 0 aliphatic heterocycles. The van der Waals surface area contributed by atoms with Gasteiger partial charge in [0.05, 0.1) is 0 Å². The molecule has 0 heterocycles. The van der Waals surface area contributed by atoms with Crippen LogP contribution in [0.4, 0.5) is 8.78 Å². The molecule has 0 saturated carbocycles. The molecule has 0 fully saturated rings. The number of aryl methyl sites for hydroxylation is 1. The standard InChI is InChI=1S/C16H24F2N2O/c1-10(2)9-20-16(21)5-6-19-12(4)13-8-14(17)11(3)7-15(13)18/h7-8,10,12,19H,5-6,9H2,1-4H3,(H,20,21). The van der Waals surface area contributed by atoms with Crippen molar-refractivity contribution in [3.05, 3.63) is 34.9 Å². The van der Waals surface area contributed by atoms with Gasteiger partial charge in [-0.3, -0.25) is 4.79 Å². The lowest BCUT2D eigenvalue weighted by Crippen LogP contribution is -2.31. The van der Waals surface area contributed by atoms with Crippen molar-refractivity contribution in [3.8, 4) is 0 Å². The summed E-state index contributed by atoms with van der Waals surface area (Å²) in [6.45, 7) is 8.38. The fourth-order valence-electron chi connectivity index (χ4n) is 1.91. The average molecular weight is 298 g/mol. The summed E-state index contributed by atoms with van der Waals surface area (Å²) in [5.41, 5.74) is 0.567. The molecule has 0 saturated heterocycles. The van der Waals surface area contributed by atoms with Crippen LogP contribution >= 0.6 is 0 Å². The molecule has 0 aliphatic rings. The van der Waals surface area contributed by atoms with E-state index in [-0.39, 0.29) is 23.1 Å². The number of carbonyl (C=O) groups is 1. The second kappa shape index (κ2) is 8.08. The van der Waals surface area contributed by atoms with E-state index in [4.69, 9.17) is 0 Å². The van der Waals surface area contributed by atoms with Crippen molar-refractivity contribution in [1.82, 2.24) is 10.6 Å². The monoisotopic (exact) mass is 298 g/mol. The van der Waals surface area contributed by atoms with Gasteiger partial charge < -0.3 is 10.6 Å². The molecule has 0 bridgehead atoms. The van der Waals surface area contributed by atoms with Gasteiger partial charge in [-0.15, -0.1) is 0 Å². The minimum absolute atomic E-state index is 0.0426. The van der Waals surface area contributed by atoms with Gasteiger partial charge in [0.2, 0.25) is 5.91 Å². The third-order valence-corrected chi connectivity index (χ3v) is 3.25. The number of halogens is 2. The van der Waals surface area contributed by atoms with Crippen LogP contribution in [-0.4, -0.2) is 19.0 Å². The van der Waals surface area contributed by atoms with Crippen molar-refractivity contribution < 1.29 is 13.6 Å². The second-order valence-corrected chi connectivity index (χ2v) is 5.75. The van der Waals surface area contributed by atoms with Crippen LogP contribution in [0.25, 0.3) is 0 Å². The van der Waals surface area contributed by atoms with Gasteiger partial charge in [-0.1, -0.05) is 13.8 Å². The van der Waals surface area contributed by atoms with Crippen LogP contribution in [0.15, 0.2) is 12.1 Å². The molecule has 1 amide bonds. The summed E-state index contributed by atoms with van der Waals surface area (Å²) in [6, 6.07) is 2.05. The normalized spacial score (nSPS) is 12.5. The van der Waals surface area contributed by atoms with Gasteiger partial charge in [0, 0.05) is 31.1 Å². The lowest BCUT2D eigenvalue weighted by molar-refractivity contribution is -0.121. The van der Waals surface area contributed by atoms with Crippen LogP contribution in [0.3, 0.4) is 0 Å². The van der Waals surface area contributed by atoms with Gasteiger partial charge in [-0.2, -0.15) is 0 Å². The van der Waals surface area contributed by atoms with E-state index >= 15 is 0 Å². The molecule has 2 N–H and O–H groups in total. The van der Waals surface area contributed by atoms with E-state index in [1.165, 1.54) is 19.1 Å². The molecular formula is C16H24F2N2O. The maximum Gasteiger partial charge on any atom is 0.221 e. The Hall–Kier alpha value is -1.49. The van der Waals surface area contributed by atoms with Crippen LogP contribution in [-0.2, 0) is 4.79 Å². The minimum atomic E-state index is -0.432. The van der Waals surface area contributed by atoms with E-state index in [2.05, 4.69) is 10.6 Å². The van der Waals surface area contributed by atoms with Crippen LogP contribution in [0.1, 0.15) is 44.4 Å². The molecule has 1 atom stereocenters. The number of hydrogen-bond acceptors (Lipinski definition) is 2. The summed E-state index contributed by atoms with van der Waals surface area (Å²) in [4.78, 5) is 11.5. The van der Waals surface area contributed by atoms with E-state index in [0.717, 1.165) is 0 Å². The summed E-state index contributed by atoms with van der Waals surface area (Å²) >= 11 is 0. The average Bonchev–Trinajstić information content (AvgIpc) is 2.40. The van der Waals surface area contributed by atoms with Crippen LogP contribution < -0.4 is 10.6 Å². The quantitative estimate of drug-likeness (QED) is 0.812. The fourth-order valence-corrected chi connectivity index (χ4v) is 1.91. The summed E-state index contributed by atoms with van der Waals surface area (Å²) in [7, 11) is 0. The lowest BCUT2D eigenvalue weighted by Gasteiger charge is -2.16. The zero-order chi connectivity index (χ0) is 16.0. The van der Waals surface area contributed by atoms with Gasteiger partial charge in [-0.05, 0) is 37.5 Å². The number of rotatable bonds is 7. The molecular weight excluding hydrogens is 274 g/mol. The SMILES string of the molecule is Cc1cc(F)c(C(C)NCCC(=O)NCC(C)C)cc1F. The highest BCUT2D eigenvalue weighted by molar-refractivity contribution is 5.76. The van der Waals surface area contributed by atoms with E-state index in [1.54, 1.807) is 6.92 Å². The topological polar surface area (TPSA) is 41.1 Å². The number of amides is 1. The molecule has 1 rings (SSSR count). The summed E-state index contributed by atoms with van der Waals surface area (Å²) in [6.07, 6.45) is 0.313. The molecule has 1 aromatic carbocycles. The summed E-state index contributed by atoms with van der Waals surface area (Å²) in [5, 5.41) is 5.85. The lowest BCUT2D eigenvalue weighted by atomic mass is 10.0. The molecule has 1 unspecified atom stereocenters. The van der Waals surface area contributed by atoms with Crippen LogP contribution in [0.5, 0.6) is 0 Å². The number of hydrogen-bond donors (Lipinski definition) is 2. The van der Waals surface area contributed by atoms with Crippen molar-refractivity contribution in [2.24, 2.45) is 5.92 Å². The van der Waals surface area contributed by atoms with Crippen molar-refractivity contribution >= 4 is 5.91 Å². The first-order valence-corrected chi connectivity index (χ1v) is 7.27. The van der Waals surface area contributed by atoms with E-state index in [0.29, 0.717) is 25.4 Å². The Balaban J connectivity index is 2.46. The van der Waals surface area contributed by atoms with Gasteiger partial charge in [0.25, 0.3) is 0 Å². The number of benzene rings is 1. The Morgan fingerprint density at radius 3 is 2.48 bits per heavy atom. The predicted molar refractivity (Wildman–Crippen MR) is 80.0 cm³/mol. The second-order valence-electron chi connectivity index (χ2n) is 5.75. The highest BCUT2D eigenvalue weighted by atomic mass is 19.1. The zero-order valence-electron chi connectivity index (χ0n) is 13.1. The molecule has 21 heavy (non-hydrogen) atoms. The Morgan fingerprint density at radius 2 is 1.86 bits per heavy atom. The highest BCUT2D eigenvalue weighted by Gasteiger charge is 2.13. The Bertz CT molecular complexity index is 489. The largest absolute Gasteiger partial charge is 0.356 e. The maximum atomic E-state index is 13.8. The van der Waals surface area contributed by atoms with Crippen molar-refractivity contribution in [2.75, 3.05) is 13.1 Å². The molecule has 118 valence electrons. The Kier molecular flexibility index (Phi) is 6.75. The van der Waals surface area contributed by atoms with Crippen molar-refractivity contribution in [1.29, 1.82) is 0 Å². The molecule has 0 spiro atoms. The van der Waals surface area contributed by atoms with Crippen LogP contribution in [0, 0.1) is 24.5 Å². The van der Waals surface area contributed by atoms with E-state index < -0.39 is 11.6 Å². The summed E-state index contributed by atoms with van der Waals surface area (Å²) in [5.74, 6) is -0.489. The Morgan fingerprint density at radius 1 is 1.19 bits per heavy atom. The minimum Gasteiger partial charge on any atom is -0.356 e. The zero-order valence-corrected chi connectivity index (χ0v) is 13.1. The van der Waals surface area contributed by atoms with Gasteiger partial charge in [0.1, 0.15) is 11.6 Å². The molecule has 0 radical (unpaired) electrons. The van der Waals surface area contributed by atoms with Gasteiger partial charge in [-0.25, -0.2) is 8.78 Å². The molecule has 5 heteroatoms. The first-order valence-electron chi connectivity index (χ1n) is 7.27. The molecule has 0 aliphatic carbocycles. The van der Waals surface area contributed by atoms with Crippen LogP contribution in [0.2, 0.25) is 0 Å². The fraction of sp³-hybridized carbons (Fsp3) is 0.562. The summed E-state index contributed by atoms with van der Waals surface area (Å²) < 4.78 is 27.3. The molecule has 3 nitrogen and oxygen atoms in total. The third kappa shape index (κ3) is 5.79. The smallest absolute Gasteiger partial charge is 0.221 e. The third-order valence-electron chi connectivity index (χ3n) is 3.25. The number of carbonyl (C=O) groups excluding carboxylic acids is 1. The molecule has 1 aromatic rings.